The number of ether oxygens (including phenoxy) is 2. The highest BCUT2D eigenvalue weighted by Crippen LogP contribution is 2.57. The van der Waals surface area contributed by atoms with Crippen LogP contribution in [0.15, 0.2) is 54.6 Å². The number of benzene rings is 2. The number of phenols is 1. The molecule has 56 heavy (non-hydrogen) atoms. The van der Waals surface area contributed by atoms with Gasteiger partial charge in [0.25, 0.3) is 0 Å². The van der Waals surface area contributed by atoms with E-state index in [1.54, 1.807) is 40.0 Å². The lowest BCUT2D eigenvalue weighted by Gasteiger charge is -2.55. The zero-order chi connectivity index (χ0) is 40.6. The standard InChI is InChI=1S/C42H58N4O9S/c1-41(2,3)55-40(52)45-34(22-28-11-13-32(47)14-12-28)38(50)43-33(16-18-56(5)53)37(49)44-35(23-27-9-7-6-8-10-27)39(51)46(4)17-15-36(48)54-42-24-29-19-30(25-42)21-31(20-29)26-42/h6-14,29-31,33-35,47H,15-26H2,1-5H3,(H,43,50)(H,44,49)(H,45,52)/t29?,30?,31?,33-,34+,35+,42?,56?/m1/s1. The van der Waals surface area contributed by atoms with Gasteiger partial charge in [-0.25, -0.2) is 4.79 Å². The number of hydrogen-bond donors (Lipinski definition) is 4. The first kappa shape index (κ1) is 42.7. The highest BCUT2D eigenvalue weighted by atomic mass is 32.2. The van der Waals surface area contributed by atoms with Gasteiger partial charge in [-0.2, -0.15) is 0 Å². The molecule has 4 fully saturated rings. The summed E-state index contributed by atoms with van der Waals surface area (Å²) in [6.45, 7) is 5.15. The van der Waals surface area contributed by atoms with Gasteiger partial charge in [-0.1, -0.05) is 42.5 Å². The molecule has 4 N–H and O–H groups in total. The lowest BCUT2D eigenvalue weighted by molar-refractivity contribution is -0.186. The van der Waals surface area contributed by atoms with Crippen LogP contribution in [-0.4, -0.2) is 98.9 Å². The van der Waals surface area contributed by atoms with E-state index in [1.165, 1.54) is 42.6 Å². The lowest BCUT2D eigenvalue weighted by Crippen LogP contribution is -2.58. The maximum Gasteiger partial charge on any atom is 0.408 e. The first-order valence-electron chi connectivity index (χ1n) is 19.6. The zero-order valence-corrected chi connectivity index (χ0v) is 34.0. The molecule has 4 atom stereocenters. The van der Waals surface area contributed by atoms with Crippen molar-refractivity contribution >= 4 is 40.6 Å². The molecule has 0 aromatic heterocycles. The summed E-state index contributed by atoms with van der Waals surface area (Å²) in [6, 6.07) is 11.8. The predicted molar refractivity (Wildman–Crippen MR) is 212 cm³/mol. The van der Waals surface area contributed by atoms with Crippen molar-refractivity contribution in [1.82, 2.24) is 20.9 Å². The van der Waals surface area contributed by atoms with E-state index in [9.17, 15) is 33.3 Å². The predicted octanol–water partition coefficient (Wildman–Crippen LogP) is 4.17. The molecule has 2 aromatic carbocycles. The number of carbonyl (C=O) groups is 5. The third kappa shape index (κ3) is 12.5. The number of nitrogens with one attached hydrogen (secondary N) is 3. The van der Waals surface area contributed by atoms with Gasteiger partial charge in [-0.15, -0.1) is 0 Å². The second-order valence-corrected chi connectivity index (χ2v) is 18.6. The molecule has 13 nitrogen and oxygen atoms in total. The van der Waals surface area contributed by atoms with Crippen molar-refractivity contribution in [2.24, 2.45) is 17.8 Å². The summed E-state index contributed by atoms with van der Waals surface area (Å²) in [6.07, 6.45) is 7.23. The van der Waals surface area contributed by atoms with Crippen molar-refractivity contribution in [2.75, 3.05) is 25.6 Å². The molecular weight excluding hydrogens is 737 g/mol. The SMILES string of the molecule is CN(CCC(=O)OC12CC3CC(CC(C3)C1)C2)C(=O)[C@H](Cc1ccccc1)NC(=O)[C@@H](CCS(C)=O)NC(=O)[C@H](Cc1ccc(O)cc1)NC(=O)OC(C)(C)C. The highest BCUT2D eigenvalue weighted by Gasteiger charge is 2.53. The molecule has 0 aliphatic heterocycles. The minimum absolute atomic E-state index is 0.00458. The molecule has 306 valence electrons. The summed E-state index contributed by atoms with van der Waals surface area (Å²) in [5, 5.41) is 17.9. The second kappa shape index (κ2) is 18.7. The topological polar surface area (TPSA) is 180 Å². The van der Waals surface area contributed by atoms with E-state index in [0.717, 1.165) is 24.8 Å². The maximum absolute atomic E-state index is 14.1. The molecule has 0 spiro atoms. The van der Waals surface area contributed by atoms with Crippen LogP contribution in [0.2, 0.25) is 0 Å². The molecule has 4 aliphatic carbocycles. The molecule has 14 heteroatoms. The fourth-order valence-corrected chi connectivity index (χ4v) is 9.33. The van der Waals surface area contributed by atoms with Crippen molar-refractivity contribution in [3.05, 3.63) is 65.7 Å². The van der Waals surface area contributed by atoms with Gasteiger partial charge < -0.3 is 35.4 Å². The first-order chi connectivity index (χ1) is 26.5. The highest BCUT2D eigenvalue weighted by molar-refractivity contribution is 7.84. The Balaban J connectivity index is 1.27. The quantitative estimate of drug-likeness (QED) is 0.171. The number of likely N-dealkylation sites (N-methyl/N-ethyl adjacent to an activating group) is 1. The Morgan fingerprint density at radius 2 is 1.36 bits per heavy atom. The fourth-order valence-electron chi connectivity index (χ4n) is 8.76. The monoisotopic (exact) mass is 794 g/mol. The number of hydrogen-bond acceptors (Lipinski definition) is 9. The summed E-state index contributed by atoms with van der Waals surface area (Å²) in [4.78, 5) is 69.4. The van der Waals surface area contributed by atoms with Crippen molar-refractivity contribution in [3.8, 4) is 5.75 Å². The Labute approximate surface area is 332 Å². The lowest BCUT2D eigenvalue weighted by atomic mass is 9.54. The van der Waals surface area contributed by atoms with Crippen molar-refractivity contribution in [2.45, 2.75) is 114 Å². The summed E-state index contributed by atoms with van der Waals surface area (Å²) in [5.74, 6) is -0.155. The first-order valence-corrected chi connectivity index (χ1v) is 21.4. The number of amides is 4. The van der Waals surface area contributed by atoms with E-state index in [0.29, 0.717) is 23.3 Å². The van der Waals surface area contributed by atoms with Gasteiger partial charge in [0.1, 0.15) is 35.1 Å². The number of phenolic OH excluding ortho intramolecular Hbond substituents is 1. The molecule has 4 amide bonds. The molecule has 4 aliphatic rings. The minimum atomic E-state index is -1.32. The summed E-state index contributed by atoms with van der Waals surface area (Å²) in [5.41, 5.74) is 0.171. The Bertz CT molecular complexity index is 1690. The smallest absolute Gasteiger partial charge is 0.408 e. The molecule has 0 heterocycles. The van der Waals surface area contributed by atoms with Crippen LogP contribution in [0.3, 0.4) is 0 Å². The van der Waals surface area contributed by atoms with E-state index in [4.69, 9.17) is 9.47 Å². The number of nitrogens with zero attached hydrogens (tertiary/aromatic N) is 1. The van der Waals surface area contributed by atoms with Crippen LogP contribution in [-0.2, 0) is 52.3 Å². The van der Waals surface area contributed by atoms with Gasteiger partial charge in [-0.3, -0.25) is 23.4 Å². The number of carbonyl (C=O) groups excluding carboxylic acids is 5. The molecule has 4 bridgehead atoms. The third-order valence-corrected chi connectivity index (χ3v) is 11.8. The van der Waals surface area contributed by atoms with E-state index in [2.05, 4.69) is 16.0 Å². The van der Waals surface area contributed by atoms with Gasteiger partial charge in [0.15, 0.2) is 0 Å². The zero-order valence-electron chi connectivity index (χ0n) is 33.2. The molecule has 0 radical (unpaired) electrons. The van der Waals surface area contributed by atoms with Crippen LogP contribution >= 0.6 is 0 Å². The van der Waals surface area contributed by atoms with Crippen molar-refractivity contribution in [3.63, 3.8) is 0 Å². The van der Waals surface area contributed by atoms with Crippen LogP contribution in [0.5, 0.6) is 5.75 Å². The molecule has 6 rings (SSSR count). The minimum Gasteiger partial charge on any atom is -0.508 e. The molecular formula is C42H58N4O9S. The van der Waals surface area contributed by atoms with Gasteiger partial charge in [0.2, 0.25) is 17.7 Å². The Morgan fingerprint density at radius 1 is 0.821 bits per heavy atom. The molecule has 0 saturated heterocycles. The van der Waals surface area contributed by atoms with Crippen LogP contribution in [0.4, 0.5) is 4.79 Å². The Hall–Kier alpha value is -4.46. The average Bonchev–Trinajstić information content (AvgIpc) is 3.11. The largest absolute Gasteiger partial charge is 0.508 e. The fraction of sp³-hybridized carbons (Fsp3) is 0.595. The van der Waals surface area contributed by atoms with Gasteiger partial charge >= 0.3 is 12.1 Å². The average molecular weight is 795 g/mol. The Kier molecular flexibility index (Phi) is 14.2. The summed E-state index contributed by atoms with van der Waals surface area (Å²) < 4.78 is 23.8. The number of esters is 1. The summed E-state index contributed by atoms with van der Waals surface area (Å²) >= 11 is 0. The van der Waals surface area contributed by atoms with Gasteiger partial charge in [0.05, 0.1) is 6.42 Å². The maximum atomic E-state index is 14.1. The van der Waals surface area contributed by atoms with E-state index in [-0.39, 0.29) is 55.3 Å². The second-order valence-electron chi connectivity index (χ2n) is 17.0. The number of aromatic hydroxyl groups is 1. The van der Waals surface area contributed by atoms with Gasteiger partial charge in [-0.05, 0) is 107 Å². The van der Waals surface area contributed by atoms with E-state index in [1.807, 2.05) is 30.3 Å². The third-order valence-electron chi connectivity index (χ3n) is 10.9. The molecule has 1 unspecified atom stereocenters. The number of rotatable bonds is 17. The van der Waals surface area contributed by atoms with Crippen molar-refractivity contribution in [1.29, 1.82) is 0 Å². The molecule has 2 aromatic rings. The van der Waals surface area contributed by atoms with E-state index < -0.39 is 58.3 Å². The number of alkyl carbamates (subject to hydrolysis) is 1. The van der Waals surface area contributed by atoms with Crippen LogP contribution in [0.25, 0.3) is 0 Å². The van der Waals surface area contributed by atoms with Crippen molar-refractivity contribution < 1.29 is 42.8 Å². The normalized spacial score (nSPS) is 23.2. The van der Waals surface area contributed by atoms with Crippen LogP contribution in [0, 0.1) is 17.8 Å². The van der Waals surface area contributed by atoms with Gasteiger partial charge in [0, 0.05) is 49.2 Å². The van der Waals surface area contributed by atoms with Crippen LogP contribution in [0.1, 0.15) is 83.3 Å². The van der Waals surface area contributed by atoms with E-state index >= 15 is 0 Å². The Morgan fingerprint density at radius 3 is 1.93 bits per heavy atom. The van der Waals surface area contributed by atoms with Crippen LogP contribution < -0.4 is 16.0 Å². The molecule has 4 saturated carbocycles. The summed E-state index contributed by atoms with van der Waals surface area (Å²) in [7, 11) is 0.265.